The highest BCUT2D eigenvalue weighted by Gasteiger charge is 2.01. The summed E-state index contributed by atoms with van der Waals surface area (Å²) < 4.78 is 3.80. The molecule has 0 aromatic heterocycles. The summed E-state index contributed by atoms with van der Waals surface area (Å²) in [7, 11) is 0. The van der Waals surface area contributed by atoms with Gasteiger partial charge < -0.3 is 9.84 Å². The third-order valence-electron chi connectivity index (χ3n) is 0.421. The van der Waals surface area contributed by atoms with Crippen molar-refractivity contribution in [3.8, 4) is 24.7 Å². The second-order valence-corrected chi connectivity index (χ2v) is 1.48. The number of ether oxygens (including phenoxy) is 1. The van der Waals surface area contributed by atoms with Crippen LogP contribution in [0.5, 0.6) is 0 Å². The van der Waals surface area contributed by atoms with Crippen LogP contribution in [0.4, 0.5) is 0 Å². The molecule has 0 spiro atoms. The van der Waals surface area contributed by atoms with Crippen LogP contribution in [0.3, 0.4) is 0 Å². The lowest BCUT2D eigenvalue weighted by Gasteiger charge is -1.86. The normalized spacial score (nSPS) is 6.38. The van der Waals surface area contributed by atoms with Gasteiger partial charge in [0, 0.05) is 18.8 Å². The molecule has 0 saturated heterocycles. The van der Waals surface area contributed by atoms with Crippen LogP contribution < -0.4 is 0 Å². The number of rotatable bonds is 0. The quantitative estimate of drug-likeness (QED) is 0.234. The van der Waals surface area contributed by atoms with Crippen LogP contribution in [0.1, 0.15) is 6.92 Å². The van der Waals surface area contributed by atoms with Gasteiger partial charge in [-0.2, -0.15) is 0 Å². The van der Waals surface area contributed by atoms with E-state index >= 15 is 0 Å². The van der Waals surface area contributed by atoms with Crippen LogP contribution in [0, 0.1) is 24.7 Å². The zero-order valence-electron chi connectivity index (χ0n) is 6.73. The van der Waals surface area contributed by atoms with E-state index in [1.807, 2.05) is 0 Å². The number of esters is 2. The highest BCUT2D eigenvalue weighted by molar-refractivity contribution is 6.01. The average molecular weight is 182 g/mol. The van der Waals surface area contributed by atoms with E-state index < -0.39 is 17.9 Å². The molecule has 0 unspecified atom stereocenters. The van der Waals surface area contributed by atoms with Crippen molar-refractivity contribution >= 4 is 17.9 Å². The molecule has 0 fully saturated rings. The van der Waals surface area contributed by atoms with Gasteiger partial charge >= 0.3 is 11.9 Å². The minimum absolute atomic E-state index is 0.833. The number of aliphatic carboxylic acids is 1. The molecule has 5 heteroatoms. The molecule has 0 aromatic carbocycles. The van der Waals surface area contributed by atoms with Gasteiger partial charge in [-0.3, -0.25) is 4.79 Å². The first kappa shape index (κ1) is 13.3. The molecule has 0 atom stereocenters. The molecular formula is C8H6O5. The van der Waals surface area contributed by atoms with Crippen molar-refractivity contribution in [2.75, 3.05) is 0 Å². The smallest absolute Gasteiger partial charge is 0.392 e. The fourth-order valence-corrected chi connectivity index (χ4v) is 0.143. The van der Waals surface area contributed by atoms with Gasteiger partial charge in [-0.1, -0.05) is 0 Å². The Kier molecular flexibility index (Phi) is 8.03. The Morgan fingerprint density at radius 1 is 1.15 bits per heavy atom. The maximum Gasteiger partial charge on any atom is 0.392 e. The van der Waals surface area contributed by atoms with Crippen LogP contribution in [0.25, 0.3) is 0 Å². The van der Waals surface area contributed by atoms with E-state index in [0.29, 0.717) is 0 Å². The fraction of sp³-hybridized carbons (Fsp3) is 0.125. The molecule has 1 N–H and O–H groups in total. The second kappa shape index (κ2) is 7.83. The van der Waals surface area contributed by atoms with E-state index in [4.69, 9.17) is 9.90 Å². The van der Waals surface area contributed by atoms with Crippen molar-refractivity contribution in [2.24, 2.45) is 0 Å². The molecule has 0 heterocycles. The maximum atomic E-state index is 10.0. The Balaban J connectivity index is 0. The number of carbonyl (C=O) groups excluding carboxylic acids is 2. The number of carboxylic acids is 1. The van der Waals surface area contributed by atoms with Gasteiger partial charge in [0.1, 0.15) is 0 Å². The molecular weight excluding hydrogens is 176 g/mol. The van der Waals surface area contributed by atoms with Crippen molar-refractivity contribution in [3.05, 3.63) is 0 Å². The maximum absolute atomic E-state index is 10.0. The Bertz CT molecular complexity index is 261. The van der Waals surface area contributed by atoms with Gasteiger partial charge in [-0.25, -0.2) is 9.59 Å². The topological polar surface area (TPSA) is 80.7 Å². The molecule has 0 aromatic rings. The molecule has 5 nitrogen and oxygen atoms in total. The minimum atomic E-state index is -1.07. The average Bonchev–Trinajstić information content (AvgIpc) is 2.03. The third kappa shape index (κ3) is 17.7. The lowest BCUT2D eigenvalue weighted by atomic mass is 10.6. The van der Waals surface area contributed by atoms with Gasteiger partial charge in [0.25, 0.3) is 5.97 Å². The first-order valence-corrected chi connectivity index (χ1v) is 2.82. The predicted octanol–water partition coefficient (Wildman–Crippen LogP) is -0.586. The van der Waals surface area contributed by atoms with Gasteiger partial charge in [0.2, 0.25) is 0 Å². The first-order chi connectivity index (χ1) is 5.93. The molecule has 68 valence electrons. The summed E-state index contributed by atoms with van der Waals surface area (Å²) in [5, 5.41) is 7.42. The summed E-state index contributed by atoms with van der Waals surface area (Å²) in [5.41, 5.74) is 0. The Morgan fingerprint density at radius 2 is 1.38 bits per heavy atom. The summed E-state index contributed by atoms with van der Waals surface area (Å²) in [6.07, 6.45) is 9.06. The largest absolute Gasteiger partial charge is 0.481 e. The predicted molar refractivity (Wildman–Crippen MR) is 42.1 cm³/mol. The van der Waals surface area contributed by atoms with E-state index in [1.54, 1.807) is 11.8 Å². The van der Waals surface area contributed by atoms with Crippen LogP contribution in [0.15, 0.2) is 0 Å². The summed E-state index contributed by atoms with van der Waals surface area (Å²) in [6.45, 7) is 1.08. The van der Waals surface area contributed by atoms with Crippen molar-refractivity contribution in [1.29, 1.82) is 0 Å². The standard InChI is InChI=1S/C6H2O3.C2H4O2/c1-3-5(7)9-6(8)4-2;1-2(3)4/h1-2H;1H3,(H,3,4). The van der Waals surface area contributed by atoms with Crippen molar-refractivity contribution in [2.45, 2.75) is 6.92 Å². The number of carboxylic acid groups (broad SMARTS) is 1. The molecule has 13 heavy (non-hydrogen) atoms. The number of hydrogen-bond donors (Lipinski definition) is 1. The van der Waals surface area contributed by atoms with E-state index in [2.05, 4.69) is 17.6 Å². The highest BCUT2D eigenvalue weighted by Crippen LogP contribution is 1.74. The molecule has 0 aliphatic rings. The second-order valence-electron chi connectivity index (χ2n) is 1.48. The zero-order chi connectivity index (χ0) is 10.9. The lowest BCUT2D eigenvalue weighted by molar-refractivity contribution is -0.151. The summed E-state index contributed by atoms with van der Waals surface area (Å²) in [5.74, 6) is 0.129. The monoisotopic (exact) mass is 182 g/mol. The minimum Gasteiger partial charge on any atom is -0.481 e. The Morgan fingerprint density at radius 3 is 1.54 bits per heavy atom. The summed E-state index contributed by atoms with van der Waals surface area (Å²) in [4.78, 5) is 29.0. The van der Waals surface area contributed by atoms with E-state index in [-0.39, 0.29) is 0 Å². The molecule has 0 radical (unpaired) electrons. The SMILES string of the molecule is C#CC(=O)OC(=O)C#C.CC(=O)O. The number of carbonyl (C=O) groups is 3. The highest BCUT2D eigenvalue weighted by atomic mass is 16.6. The Hall–Kier alpha value is -2.27. The van der Waals surface area contributed by atoms with Crippen LogP contribution >= 0.6 is 0 Å². The van der Waals surface area contributed by atoms with Crippen LogP contribution in [-0.4, -0.2) is 23.0 Å². The van der Waals surface area contributed by atoms with Gasteiger partial charge in [0.15, 0.2) is 0 Å². The molecule has 0 bridgehead atoms. The van der Waals surface area contributed by atoms with Gasteiger partial charge in [-0.15, -0.1) is 12.8 Å². The van der Waals surface area contributed by atoms with Crippen molar-refractivity contribution < 1.29 is 24.2 Å². The van der Waals surface area contributed by atoms with Gasteiger partial charge in [0.05, 0.1) is 0 Å². The van der Waals surface area contributed by atoms with E-state index in [1.165, 1.54) is 0 Å². The molecule has 0 aliphatic carbocycles. The summed E-state index contributed by atoms with van der Waals surface area (Å²) in [6, 6.07) is 0. The molecule has 0 rings (SSSR count). The molecule has 0 amide bonds. The number of terminal acetylenes is 2. The summed E-state index contributed by atoms with van der Waals surface area (Å²) >= 11 is 0. The van der Waals surface area contributed by atoms with Gasteiger partial charge in [-0.05, 0) is 0 Å². The van der Waals surface area contributed by atoms with Crippen molar-refractivity contribution in [1.82, 2.24) is 0 Å². The van der Waals surface area contributed by atoms with E-state index in [9.17, 15) is 9.59 Å². The molecule has 0 aliphatic heterocycles. The van der Waals surface area contributed by atoms with Crippen molar-refractivity contribution in [3.63, 3.8) is 0 Å². The lowest BCUT2D eigenvalue weighted by Crippen LogP contribution is -2.06. The zero-order valence-corrected chi connectivity index (χ0v) is 6.73. The molecule has 0 saturated carbocycles. The van der Waals surface area contributed by atoms with E-state index in [0.717, 1.165) is 6.92 Å². The fourth-order valence-electron chi connectivity index (χ4n) is 0.143. The number of hydrogen-bond acceptors (Lipinski definition) is 4. The first-order valence-electron chi connectivity index (χ1n) is 2.82. The van der Waals surface area contributed by atoms with Crippen LogP contribution in [0.2, 0.25) is 0 Å². The Labute approximate surface area is 74.7 Å². The van der Waals surface area contributed by atoms with Crippen LogP contribution in [-0.2, 0) is 19.1 Å². The third-order valence-corrected chi connectivity index (χ3v) is 0.421.